The van der Waals surface area contributed by atoms with Crippen LogP contribution in [-0.2, 0) is 4.79 Å². The summed E-state index contributed by atoms with van der Waals surface area (Å²) in [6.45, 7) is 9.77. The Balaban J connectivity index is 1.90. The molecule has 19 heavy (non-hydrogen) atoms. The van der Waals surface area contributed by atoms with Gasteiger partial charge in [0.05, 0.1) is 5.92 Å². The molecule has 2 nitrogen and oxygen atoms in total. The summed E-state index contributed by atoms with van der Waals surface area (Å²) in [6.07, 6.45) is 5.73. The highest BCUT2D eigenvalue weighted by molar-refractivity contribution is 5.73. The number of aliphatic carboxylic acids is 1. The lowest BCUT2D eigenvalue weighted by Crippen LogP contribution is -2.43. The number of carbonyl (C=O) groups is 1. The molecular formula is C17H26O2. The molecule has 1 N–H and O–H groups in total. The third kappa shape index (κ3) is 0.946. The fourth-order valence-corrected chi connectivity index (χ4v) is 8.05. The number of hydrogen-bond donors (Lipinski definition) is 1. The summed E-state index contributed by atoms with van der Waals surface area (Å²) in [5.41, 5.74) is 1.26. The van der Waals surface area contributed by atoms with E-state index in [-0.39, 0.29) is 11.3 Å². The molecule has 0 aliphatic heterocycles. The fraction of sp³-hybridized carbons (Fsp3) is 0.941. The predicted octanol–water partition coefficient (Wildman–Crippen LogP) is 3.95. The average Bonchev–Trinajstić information content (AvgIpc) is 2.68. The zero-order valence-corrected chi connectivity index (χ0v) is 12.6. The molecule has 0 amide bonds. The standard InChI is InChI=1S/C17H26O2/c1-14(2)10-5-7-16(9-10)11(12(18)19)6-8-17(16)13(14)15(17,3)4/h10-11,13H,5-9H2,1-4H3,(H,18,19)/t10?,11?,13?,16?,17-/m0/s1. The molecule has 2 bridgehead atoms. The molecule has 0 heterocycles. The minimum absolute atomic E-state index is 0.0575. The molecule has 2 spiro atoms. The van der Waals surface area contributed by atoms with Crippen molar-refractivity contribution in [1.29, 1.82) is 0 Å². The van der Waals surface area contributed by atoms with E-state index in [0.29, 0.717) is 16.2 Å². The molecule has 0 saturated heterocycles. The lowest BCUT2D eigenvalue weighted by molar-refractivity contribution is -0.148. The zero-order chi connectivity index (χ0) is 13.8. The van der Waals surface area contributed by atoms with Gasteiger partial charge in [-0.2, -0.15) is 0 Å². The van der Waals surface area contributed by atoms with Crippen LogP contribution in [0, 0.1) is 39.4 Å². The first-order valence-electron chi connectivity index (χ1n) is 7.95. The van der Waals surface area contributed by atoms with Gasteiger partial charge in [-0.1, -0.05) is 27.7 Å². The van der Waals surface area contributed by atoms with Crippen molar-refractivity contribution in [3.05, 3.63) is 0 Å². The van der Waals surface area contributed by atoms with E-state index in [1.807, 2.05) is 0 Å². The van der Waals surface area contributed by atoms with Crippen LogP contribution in [0.2, 0.25) is 0 Å². The number of fused-ring (bicyclic) bond motifs is 1. The maximum Gasteiger partial charge on any atom is 0.307 e. The Morgan fingerprint density at radius 1 is 1.11 bits per heavy atom. The van der Waals surface area contributed by atoms with Gasteiger partial charge in [0.2, 0.25) is 0 Å². The van der Waals surface area contributed by atoms with Gasteiger partial charge in [-0.3, -0.25) is 4.79 Å². The minimum atomic E-state index is -0.515. The highest BCUT2D eigenvalue weighted by Gasteiger charge is 2.88. The van der Waals surface area contributed by atoms with E-state index in [1.54, 1.807) is 0 Å². The van der Waals surface area contributed by atoms with Crippen LogP contribution in [0.25, 0.3) is 0 Å². The average molecular weight is 262 g/mol. The van der Waals surface area contributed by atoms with Crippen molar-refractivity contribution in [2.45, 2.75) is 59.8 Å². The smallest absolute Gasteiger partial charge is 0.307 e. The van der Waals surface area contributed by atoms with Crippen LogP contribution in [0.15, 0.2) is 0 Å². The van der Waals surface area contributed by atoms with E-state index >= 15 is 0 Å². The van der Waals surface area contributed by atoms with Crippen molar-refractivity contribution < 1.29 is 9.90 Å². The zero-order valence-electron chi connectivity index (χ0n) is 12.6. The number of rotatable bonds is 1. The molecule has 106 valence electrons. The molecule has 0 aromatic carbocycles. The van der Waals surface area contributed by atoms with Crippen LogP contribution >= 0.6 is 0 Å². The summed E-state index contributed by atoms with van der Waals surface area (Å²) >= 11 is 0. The molecule has 0 aromatic rings. The SMILES string of the molecule is CC1(C)C2CCC3(C2)C(C(=O)O)CC[C@@]32C1C2(C)C. The molecule has 4 aliphatic carbocycles. The lowest BCUT2D eigenvalue weighted by Gasteiger charge is -2.46. The Kier molecular flexibility index (Phi) is 1.86. The Hall–Kier alpha value is -0.530. The molecule has 4 unspecified atom stereocenters. The van der Waals surface area contributed by atoms with E-state index in [2.05, 4.69) is 27.7 Å². The summed E-state index contributed by atoms with van der Waals surface area (Å²) in [5, 5.41) is 9.70. The van der Waals surface area contributed by atoms with Crippen LogP contribution in [0.4, 0.5) is 0 Å². The number of carboxylic acid groups (broad SMARTS) is 1. The topological polar surface area (TPSA) is 37.3 Å². The van der Waals surface area contributed by atoms with Crippen molar-refractivity contribution in [3.63, 3.8) is 0 Å². The van der Waals surface area contributed by atoms with Crippen molar-refractivity contribution in [2.75, 3.05) is 0 Å². The molecule has 4 fully saturated rings. The molecule has 0 radical (unpaired) electrons. The quantitative estimate of drug-likeness (QED) is 0.777. The van der Waals surface area contributed by atoms with Gasteiger partial charge < -0.3 is 5.11 Å². The van der Waals surface area contributed by atoms with Crippen molar-refractivity contribution >= 4 is 5.97 Å². The summed E-state index contributed by atoms with van der Waals surface area (Å²) in [6, 6.07) is 0. The Bertz CT molecular complexity index is 478. The van der Waals surface area contributed by atoms with Crippen LogP contribution in [0.5, 0.6) is 0 Å². The number of carboxylic acids is 1. The second-order valence-corrected chi connectivity index (χ2v) is 8.97. The van der Waals surface area contributed by atoms with Gasteiger partial charge in [0.1, 0.15) is 0 Å². The van der Waals surface area contributed by atoms with Gasteiger partial charge in [0, 0.05) is 0 Å². The van der Waals surface area contributed by atoms with Gasteiger partial charge in [-0.25, -0.2) is 0 Å². The van der Waals surface area contributed by atoms with Gasteiger partial charge in [-0.05, 0) is 65.6 Å². The van der Waals surface area contributed by atoms with E-state index in [9.17, 15) is 9.90 Å². The van der Waals surface area contributed by atoms with E-state index in [1.165, 1.54) is 19.3 Å². The van der Waals surface area contributed by atoms with Gasteiger partial charge in [-0.15, -0.1) is 0 Å². The first kappa shape index (κ1) is 12.2. The summed E-state index contributed by atoms with van der Waals surface area (Å²) < 4.78 is 0. The highest BCUT2D eigenvalue weighted by atomic mass is 16.4. The third-order valence-corrected chi connectivity index (χ3v) is 8.31. The predicted molar refractivity (Wildman–Crippen MR) is 73.6 cm³/mol. The maximum absolute atomic E-state index is 11.8. The molecule has 4 saturated carbocycles. The van der Waals surface area contributed by atoms with E-state index < -0.39 is 5.97 Å². The van der Waals surface area contributed by atoms with Crippen LogP contribution in [0.3, 0.4) is 0 Å². The molecule has 0 aromatic heterocycles. The third-order valence-electron chi connectivity index (χ3n) is 8.31. The highest BCUT2D eigenvalue weighted by Crippen LogP contribution is 2.93. The second kappa shape index (κ2) is 2.89. The molecule has 5 atom stereocenters. The molecule has 2 heteroatoms. The normalized spacial score (nSPS) is 55.5. The number of hydrogen-bond acceptors (Lipinski definition) is 1. The minimum Gasteiger partial charge on any atom is -0.481 e. The summed E-state index contributed by atoms with van der Waals surface area (Å²) in [7, 11) is 0. The van der Waals surface area contributed by atoms with Gasteiger partial charge >= 0.3 is 5.97 Å². The van der Waals surface area contributed by atoms with E-state index in [4.69, 9.17) is 0 Å². The second-order valence-electron chi connectivity index (χ2n) is 8.97. The van der Waals surface area contributed by atoms with Crippen molar-refractivity contribution in [3.8, 4) is 0 Å². The Morgan fingerprint density at radius 3 is 2.42 bits per heavy atom. The fourth-order valence-electron chi connectivity index (χ4n) is 8.05. The van der Waals surface area contributed by atoms with Gasteiger partial charge in [0.15, 0.2) is 0 Å². The monoisotopic (exact) mass is 262 g/mol. The van der Waals surface area contributed by atoms with E-state index in [0.717, 1.165) is 24.7 Å². The van der Waals surface area contributed by atoms with Crippen LogP contribution in [0.1, 0.15) is 59.8 Å². The van der Waals surface area contributed by atoms with Crippen LogP contribution in [-0.4, -0.2) is 11.1 Å². The van der Waals surface area contributed by atoms with Gasteiger partial charge in [0.25, 0.3) is 0 Å². The van der Waals surface area contributed by atoms with Crippen molar-refractivity contribution in [2.24, 2.45) is 39.4 Å². The summed E-state index contributed by atoms with van der Waals surface area (Å²) in [5.74, 6) is 0.932. The first-order chi connectivity index (χ1) is 8.72. The molecule has 4 rings (SSSR count). The molecular weight excluding hydrogens is 236 g/mol. The van der Waals surface area contributed by atoms with Crippen molar-refractivity contribution in [1.82, 2.24) is 0 Å². The van der Waals surface area contributed by atoms with Crippen LogP contribution < -0.4 is 0 Å². The molecule has 4 aliphatic rings. The maximum atomic E-state index is 11.8. The Labute approximate surface area is 116 Å². The largest absolute Gasteiger partial charge is 0.481 e. The Morgan fingerprint density at radius 2 is 1.79 bits per heavy atom. The first-order valence-corrected chi connectivity index (χ1v) is 7.95. The lowest BCUT2D eigenvalue weighted by atomic mass is 9.58. The summed E-state index contributed by atoms with van der Waals surface area (Å²) in [4.78, 5) is 11.8.